The molecule has 0 saturated carbocycles. The van der Waals surface area contributed by atoms with Crippen LogP contribution >= 0.6 is 0 Å². The second-order valence-corrected chi connectivity index (χ2v) is 7.29. The maximum Gasteiger partial charge on any atom is 0.223 e. The van der Waals surface area contributed by atoms with Crippen molar-refractivity contribution in [3.05, 3.63) is 28.3 Å². The quantitative estimate of drug-likeness (QED) is 0.865. The van der Waals surface area contributed by atoms with Crippen molar-refractivity contribution in [2.75, 3.05) is 26.2 Å². The molecule has 1 aliphatic carbocycles. The molecule has 140 valence electrons. The third-order valence-corrected chi connectivity index (χ3v) is 5.56. The van der Waals surface area contributed by atoms with Crippen molar-refractivity contribution in [1.82, 2.24) is 30.3 Å². The summed E-state index contributed by atoms with van der Waals surface area (Å²) >= 11 is 0. The van der Waals surface area contributed by atoms with Gasteiger partial charge in [0.1, 0.15) is 11.4 Å². The van der Waals surface area contributed by atoms with E-state index in [2.05, 4.69) is 25.4 Å². The van der Waals surface area contributed by atoms with Gasteiger partial charge in [-0.25, -0.2) is 4.63 Å². The summed E-state index contributed by atoms with van der Waals surface area (Å²) in [5.74, 6) is 0.233. The van der Waals surface area contributed by atoms with E-state index in [-0.39, 0.29) is 5.91 Å². The number of amides is 1. The van der Waals surface area contributed by atoms with Gasteiger partial charge in [-0.2, -0.15) is 5.10 Å². The van der Waals surface area contributed by atoms with Gasteiger partial charge in [-0.15, -0.1) is 0 Å². The van der Waals surface area contributed by atoms with Gasteiger partial charge in [0.2, 0.25) is 5.91 Å². The van der Waals surface area contributed by atoms with Gasteiger partial charge in [0.25, 0.3) is 0 Å². The molecule has 1 N–H and O–H groups in total. The highest BCUT2D eigenvalue weighted by Crippen LogP contribution is 2.23. The van der Waals surface area contributed by atoms with E-state index in [0.717, 1.165) is 69.1 Å². The van der Waals surface area contributed by atoms with E-state index in [4.69, 9.17) is 4.63 Å². The molecular weight excluding hydrogens is 332 g/mol. The Morgan fingerprint density at radius 2 is 1.92 bits per heavy atom. The molecule has 1 saturated heterocycles. The van der Waals surface area contributed by atoms with Gasteiger partial charge < -0.3 is 4.90 Å². The summed E-state index contributed by atoms with van der Waals surface area (Å²) in [6.07, 6.45) is 5.96. The predicted molar refractivity (Wildman–Crippen MR) is 94.4 cm³/mol. The maximum absolute atomic E-state index is 12.6. The van der Waals surface area contributed by atoms with Crippen LogP contribution in [0.4, 0.5) is 0 Å². The lowest BCUT2D eigenvalue weighted by atomic mass is 9.94. The Morgan fingerprint density at radius 1 is 1.12 bits per heavy atom. The number of carbonyl (C=O) groups excluding carboxylic acids is 1. The summed E-state index contributed by atoms with van der Waals surface area (Å²) < 4.78 is 4.75. The fraction of sp³-hybridized carbons (Fsp3) is 0.667. The van der Waals surface area contributed by atoms with E-state index < -0.39 is 0 Å². The summed E-state index contributed by atoms with van der Waals surface area (Å²) in [5.41, 5.74) is 5.47. The van der Waals surface area contributed by atoms with Crippen LogP contribution in [0.5, 0.6) is 0 Å². The van der Waals surface area contributed by atoms with Crippen molar-refractivity contribution >= 4 is 5.91 Å². The monoisotopic (exact) mass is 358 g/mol. The number of aromatic amines is 1. The highest BCUT2D eigenvalue weighted by atomic mass is 16.6. The van der Waals surface area contributed by atoms with Gasteiger partial charge >= 0.3 is 0 Å². The largest absolute Gasteiger partial charge is 0.340 e. The number of aryl methyl sites for hydroxylation is 3. The SMILES string of the molecule is Cc1nonc1CN1CCN(C(=O)CCc2n[nH]c3c2CCCC3)CC1. The first kappa shape index (κ1) is 17.2. The Balaban J connectivity index is 1.25. The molecule has 1 amide bonds. The fourth-order valence-electron chi connectivity index (χ4n) is 3.90. The lowest BCUT2D eigenvalue weighted by molar-refractivity contribution is -0.133. The first-order chi connectivity index (χ1) is 12.7. The van der Waals surface area contributed by atoms with Crippen LogP contribution in [0.15, 0.2) is 4.63 Å². The lowest BCUT2D eigenvalue weighted by Crippen LogP contribution is -2.48. The molecule has 0 spiro atoms. The highest BCUT2D eigenvalue weighted by molar-refractivity contribution is 5.76. The van der Waals surface area contributed by atoms with E-state index in [9.17, 15) is 4.79 Å². The predicted octanol–water partition coefficient (Wildman–Crippen LogP) is 1.26. The number of carbonyl (C=O) groups is 1. The van der Waals surface area contributed by atoms with E-state index in [1.165, 1.54) is 24.1 Å². The second kappa shape index (κ2) is 7.57. The summed E-state index contributed by atoms with van der Waals surface area (Å²) in [6.45, 7) is 5.88. The van der Waals surface area contributed by atoms with Crippen molar-refractivity contribution in [2.45, 2.75) is 52.0 Å². The van der Waals surface area contributed by atoms with Gasteiger partial charge in [0.05, 0.1) is 5.69 Å². The Bertz CT molecular complexity index is 760. The van der Waals surface area contributed by atoms with Gasteiger partial charge in [-0.3, -0.25) is 14.8 Å². The number of fused-ring (bicyclic) bond motifs is 1. The van der Waals surface area contributed by atoms with E-state index >= 15 is 0 Å². The van der Waals surface area contributed by atoms with Crippen LogP contribution < -0.4 is 0 Å². The first-order valence-electron chi connectivity index (χ1n) is 9.54. The maximum atomic E-state index is 12.6. The minimum Gasteiger partial charge on any atom is -0.340 e. The summed E-state index contributed by atoms with van der Waals surface area (Å²) in [7, 11) is 0. The Labute approximate surface area is 152 Å². The number of nitrogens with zero attached hydrogens (tertiary/aromatic N) is 5. The van der Waals surface area contributed by atoms with E-state index in [1.54, 1.807) is 0 Å². The van der Waals surface area contributed by atoms with E-state index in [1.807, 2.05) is 11.8 Å². The zero-order valence-electron chi connectivity index (χ0n) is 15.3. The van der Waals surface area contributed by atoms with Crippen LogP contribution in [-0.4, -0.2) is 62.4 Å². The standard InChI is InChI=1S/C18H26N6O2/c1-13-17(22-26-21-13)12-23-8-10-24(11-9-23)18(25)7-6-16-14-4-2-3-5-15(14)19-20-16/h2-12H2,1H3,(H,19,20). The average Bonchev–Trinajstić information content (AvgIpc) is 3.27. The van der Waals surface area contributed by atoms with Crippen LogP contribution in [0, 0.1) is 6.92 Å². The molecule has 0 aromatic carbocycles. The molecule has 26 heavy (non-hydrogen) atoms. The minimum absolute atomic E-state index is 0.233. The van der Waals surface area contributed by atoms with Crippen LogP contribution in [0.3, 0.4) is 0 Å². The van der Waals surface area contributed by atoms with Gasteiger partial charge in [0, 0.05) is 51.3 Å². The molecule has 2 aromatic rings. The topological polar surface area (TPSA) is 91.2 Å². The number of nitrogens with one attached hydrogen (secondary N) is 1. The molecule has 8 heteroatoms. The minimum atomic E-state index is 0.233. The molecule has 2 aliphatic rings. The third kappa shape index (κ3) is 3.65. The van der Waals surface area contributed by atoms with Crippen LogP contribution in [0.1, 0.15) is 47.6 Å². The fourth-order valence-corrected chi connectivity index (χ4v) is 3.90. The third-order valence-electron chi connectivity index (χ3n) is 5.56. The Kier molecular flexibility index (Phi) is 5.01. The van der Waals surface area contributed by atoms with E-state index in [0.29, 0.717) is 6.42 Å². The molecule has 0 atom stereocenters. The van der Waals surface area contributed by atoms with Crippen LogP contribution in [0.2, 0.25) is 0 Å². The molecule has 0 radical (unpaired) electrons. The summed E-state index contributed by atoms with van der Waals surface area (Å²) in [6, 6.07) is 0. The van der Waals surface area contributed by atoms with Gasteiger partial charge in [-0.05, 0) is 38.2 Å². The number of aromatic nitrogens is 4. The lowest BCUT2D eigenvalue weighted by Gasteiger charge is -2.34. The molecule has 1 fully saturated rings. The van der Waals surface area contributed by atoms with Crippen molar-refractivity contribution in [2.24, 2.45) is 0 Å². The smallest absolute Gasteiger partial charge is 0.223 e. The average molecular weight is 358 g/mol. The molecular formula is C18H26N6O2. The molecule has 0 bridgehead atoms. The number of piperazine rings is 1. The normalized spacial score (nSPS) is 18.1. The molecule has 3 heterocycles. The Morgan fingerprint density at radius 3 is 2.69 bits per heavy atom. The van der Waals surface area contributed by atoms with Gasteiger partial charge in [-0.1, -0.05) is 10.3 Å². The molecule has 8 nitrogen and oxygen atoms in total. The summed E-state index contributed by atoms with van der Waals surface area (Å²) in [4.78, 5) is 16.8. The van der Waals surface area contributed by atoms with Crippen molar-refractivity contribution in [3.8, 4) is 0 Å². The number of H-pyrrole nitrogens is 1. The number of hydrogen-bond acceptors (Lipinski definition) is 6. The molecule has 4 rings (SSSR count). The molecule has 1 aliphatic heterocycles. The second-order valence-electron chi connectivity index (χ2n) is 7.29. The van der Waals surface area contributed by atoms with Crippen molar-refractivity contribution in [3.63, 3.8) is 0 Å². The van der Waals surface area contributed by atoms with Crippen molar-refractivity contribution in [1.29, 1.82) is 0 Å². The van der Waals surface area contributed by atoms with Gasteiger partial charge in [0.15, 0.2) is 0 Å². The van der Waals surface area contributed by atoms with Crippen LogP contribution in [-0.2, 0) is 30.6 Å². The van der Waals surface area contributed by atoms with Crippen molar-refractivity contribution < 1.29 is 9.42 Å². The number of rotatable bonds is 5. The highest BCUT2D eigenvalue weighted by Gasteiger charge is 2.23. The first-order valence-corrected chi connectivity index (χ1v) is 9.54. The summed E-state index contributed by atoms with van der Waals surface area (Å²) in [5, 5.41) is 15.4. The zero-order valence-corrected chi connectivity index (χ0v) is 15.3. The Hall–Kier alpha value is -2.22. The number of hydrogen-bond donors (Lipinski definition) is 1. The van der Waals surface area contributed by atoms with Crippen LogP contribution in [0.25, 0.3) is 0 Å². The zero-order chi connectivity index (χ0) is 17.9. The molecule has 0 unspecified atom stereocenters. The molecule has 2 aromatic heterocycles.